The first-order valence-electron chi connectivity index (χ1n) is 5.86. The lowest BCUT2D eigenvalue weighted by Gasteiger charge is -2.03. The third kappa shape index (κ3) is 3.35. The number of aromatic nitrogens is 1. The van der Waals surface area contributed by atoms with Crippen molar-refractivity contribution in [2.45, 2.75) is 6.92 Å². The van der Waals surface area contributed by atoms with Gasteiger partial charge in [0.1, 0.15) is 5.75 Å². The predicted octanol–water partition coefficient (Wildman–Crippen LogP) is 1.72. The number of carbonyl (C=O) groups is 1. The summed E-state index contributed by atoms with van der Waals surface area (Å²) >= 11 is 1.28. The smallest absolute Gasteiger partial charge is 0.257 e. The fourth-order valence-corrected chi connectivity index (χ4v) is 2.18. The van der Waals surface area contributed by atoms with Gasteiger partial charge in [0.15, 0.2) is 5.13 Å². The zero-order valence-electron chi connectivity index (χ0n) is 10.8. The number of hydrogen-bond acceptors (Lipinski definition) is 5. The van der Waals surface area contributed by atoms with Crippen molar-refractivity contribution in [1.29, 1.82) is 0 Å². The number of nitrogens with two attached hydrogens (primary N) is 1. The molecule has 0 saturated heterocycles. The van der Waals surface area contributed by atoms with E-state index in [1.165, 1.54) is 17.4 Å². The Balaban J connectivity index is 2.11. The standard InChI is InChI=1S/C14H13N3O2S/c1-9-7-10(4-5-12(9)18)13(19)17-14-16-8-11(20-14)3-2-6-15/h4-5,7-8,18H,6,15H2,1H3,(H,16,17,19). The van der Waals surface area contributed by atoms with Crippen molar-refractivity contribution in [3.05, 3.63) is 40.4 Å². The van der Waals surface area contributed by atoms with Crippen molar-refractivity contribution < 1.29 is 9.90 Å². The van der Waals surface area contributed by atoms with Crippen LogP contribution < -0.4 is 11.1 Å². The number of amides is 1. The van der Waals surface area contributed by atoms with Crippen LogP contribution >= 0.6 is 11.3 Å². The van der Waals surface area contributed by atoms with E-state index in [2.05, 4.69) is 22.1 Å². The minimum absolute atomic E-state index is 0.162. The molecule has 4 N–H and O–H groups in total. The number of rotatable bonds is 2. The molecule has 0 aliphatic heterocycles. The maximum Gasteiger partial charge on any atom is 0.257 e. The Kier molecular flexibility index (Phi) is 4.35. The minimum atomic E-state index is -0.277. The second-order valence-corrected chi connectivity index (χ2v) is 5.02. The highest BCUT2D eigenvalue weighted by Gasteiger charge is 2.10. The first-order valence-corrected chi connectivity index (χ1v) is 6.67. The van der Waals surface area contributed by atoms with Crippen LogP contribution in [-0.4, -0.2) is 22.5 Å². The summed E-state index contributed by atoms with van der Waals surface area (Å²) in [6, 6.07) is 4.66. The number of aromatic hydroxyl groups is 1. The quantitative estimate of drug-likeness (QED) is 0.734. The molecule has 1 amide bonds. The number of thiazole rings is 1. The molecule has 0 fully saturated rings. The van der Waals surface area contributed by atoms with E-state index < -0.39 is 0 Å². The Morgan fingerprint density at radius 1 is 1.55 bits per heavy atom. The molecule has 0 spiro atoms. The summed E-state index contributed by atoms with van der Waals surface area (Å²) < 4.78 is 0. The first-order chi connectivity index (χ1) is 9.60. The monoisotopic (exact) mass is 287 g/mol. The summed E-state index contributed by atoms with van der Waals surface area (Å²) in [6.45, 7) is 2.02. The lowest BCUT2D eigenvalue weighted by atomic mass is 10.1. The van der Waals surface area contributed by atoms with Gasteiger partial charge < -0.3 is 10.8 Å². The van der Waals surface area contributed by atoms with Gasteiger partial charge in [0.05, 0.1) is 17.6 Å². The van der Waals surface area contributed by atoms with Gasteiger partial charge in [0.25, 0.3) is 5.91 Å². The van der Waals surface area contributed by atoms with Gasteiger partial charge >= 0.3 is 0 Å². The number of benzene rings is 1. The number of anilines is 1. The van der Waals surface area contributed by atoms with Crippen molar-refractivity contribution in [1.82, 2.24) is 4.98 Å². The fourth-order valence-electron chi connectivity index (χ4n) is 1.49. The molecule has 0 saturated carbocycles. The number of phenolic OH excluding ortho intramolecular Hbond substituents is 1. The van der Waals surface area contributed by atoms with E-state index in [0.29, 0.717) is 16.3 Å². The largest absolute Gasteiger partial charge is 0.508 e. The molecule has 0 atom stereocenters. The second kappa shape index (κ2) is 6.19. The molecule has 5 nitrogen and oxygen atoms in total. The van der Waals surface area contributed by atoms with Crippen LogP contribution in [0.2, 0.25) is 0 Å². The lowest BCUT2D eigenvalue weighted by Crippen LogP contribution is -2.11. The summed E-state index contributed by atoms with van der Waals surface area (Å²) in [7, 11) is 0. The van der Waals surface area contributed by atoms with Crippen molar-refractivity contribution in [3.8, 4) is 17.6 Å². The van der Waals surface area contributed by atoms with Gasteiger partial charge in [-0.1, -0.05) is 23.2 Å². The number of nitrogens with one attached hydrogen (secondary N) is 1. The summed E-state index contributed by atoms with van der Waals surface area (Å²) in [5, 5.41) is 12.6. The molecule has 6 heteroatoms. The van der Waals surface area contributed by atoms with Crippen LogP contribution in [-0.2, 0) is 0 Å². The zero-order valence-corrected chi connectivity index (χ0v) is 11.6. The van der Waals surface area contributed by atoms with Crippen molar-refractivity contribution >= 4 is 22.4 Å². The van der Waals surface area contributed by atoms with Crippen LogP contribution in [0, 0.1) is 18.8 Å². The third-order valence-corrected chi connectivity index (χ3v) is 3.33. The van der Waals surface area contributed by atoms with Crippen LogP contribution in [0.4, 0.5) is 5.13 Å². The topological polar surface area (TPSA) is 88.2 Å². The maximum absolute atomic E-state index is 12.0. The molecule has 0 aliphatic carbocycles. The molecule has 2 aromatic rings. The predicted molar refractivity (Wildman–Crippen MR) is 78.8 cm³/mol. The van der Waals surface area contributed by atoms with E-state index >= 15 is 0 Å². The van der Waals surface area contributed by atoms with Crippen molar-refractivity contribution in [2.24, 2.45) is 5.73 Å². The van der Waals surface area contributed by atoms with E-state index in [-0.39, 0.29) is 18.2 Å². The molecule has 20 heavy (non-hydrogen) atoms. The van der Waals surface area contributed by atoms with Crippen molar-refractivity contribution in [3.63, 3.8) is 0 Å². The Morgan fingerprint density at radius 3 is 3.05 bits per heavy atom. The average molecular weight is 287 g/mol. The van der Waals surface area contributed by atoms with Crippen LogP contribution in [0.1, 0.15) is 20.8 Å². The number of hydrogen-bond donors (Lipinski definition) is 3. The average Bonchev–Trinajstić information content (AvgIpc) is 2.87. The number of phenols is 1. The molecule has 0 bridgehead atoms. The molecule has 1 aromatic carbocycles. The first kappa shape index (κ1) is 14.1. The van der Waals surface area contributed by atoms with Gasteiger partial charge in [-0.2, -0.15) is 0 Å². The van der Waals surface area contributed by atoms with E-state index in [1.807, 2.05) is 0 Å². The van der Waals surface area contributed by atoms with Gasteiger partial charge in [0.2, 0.25) is 0 Å². The summed E-state index contributed by atoms with van der Waals surface area (Å²) in [5.41, 5.74) is 6.39. The van der Waals surface area contributed by atoms with Crippen LogP contribution in [0.3, 0.4) is 0 Å². The summed E-state index contributed by atoms with van der Waals surface area (Å²) in [4.78, 5) is 16.8. The summed E-state index contributed by atoms with van der Waals surface area (Å²) in [6.07, 6.45) is 1.59. The Bertz CT molecular complexity index is 698. The van der Waals surface area contributed by atoms with Crippen molar-refractivity contribution in [2.75, 3.05) is 11.9 Å². The number of carbonyl (C=O) groups excluding carboxylic acids is 1. The Morgan fingerprint density at radius 2 is 2.35 bits per heavy atom. The van der Waals surface area contributed by atoms with Crippen LogP contribution in [0.15, 0.2) is 24.4 Å². The van der Waals surface area contributed by atoms with E-state index in [1.54, 1.807) is 25.3 Å². The number of nitrogens with zero attached hydrogens (tertiary/aromatic N) is 1. The van der Waals surface area contributed by atoms with Gasteiger partial charge in [-0.25, -0.2) is 4.98 Å². The van der Waals surface area contributed by atoms with Gasteiger partial charge in [-0.05, 0) is 30.7 Å². The Labute approximate surface area is 120 Å². The molecule has 102 valence electrons. The van der Waals surface area contributed by atoms with Gasteiger partial charge in [0, 0.05) is 5.56 Å². The summed E-state index contributed by atoms with van der Waals surface area (Å²) in [5.74, 6) is 5.46. The van der Waals surface area contributed by atoms with Crippen LogP contribution in [0.25, 0.3) is 0 Å². The maximum atomic E-state index is 12.0. The highest BCUT2D eigenvalue weighted by molar-refractivity contribution is 7.16. The molecule has 0 aliphatic rings. The van der Waals surface area contributed by atoms with E-state index in [0.717, 1.165) is 4.88 Å². The van der Waals surface area contributed by atoms with Gasteiger partial charge in [-0.15, -0.1) is 0 Å². The molecular formula is C14H13N3O2S. The zero-order chi connectivity index (χ0) is 14.5. The minimum Gasteiger partial charge on any atom is -0.508 e. The normalized spacial score (nSPS) is 9.70. The third-order valence-electron chi connectivity index (χ3n) is 2.50. The molecule has 2 rings (SSSR count). The van der Waals surface area contributed by atoms with E-state index in [9.17, 15) is 9.90 Å². The molecular weight excluding hydrogens is 274 g/mol. The van der Waals surface area contributed by atoms with Crippen LogP contribution in [0.5, 0.6) is 5.75 Å². The molecule has 1 aromatic heterocycles. The number of aryl methyl sites for hydroxylation is 1. The lowest BCUT2D eigenvalue weighted by molar-refractivity contribution is 0.102. The highest BCUT2D eigenvalue weighted by Crippen LogP contribution is 2.20. The molecule has 0 radical (unpaired) electrons. The SMILES string of the molecule is Cc1cc(C(=O)Nc2ncc(C#CCN)s2)ccc1O. The molecule has 1 heterocycles. The second-order valence-electron chi connectivity index (χ2n) is 3.99. The molecule has 0 unspecified atom stereocenters. The Hall–Kier alpha value is -2.36. The van der Waals surface area contributed by atoms with Gasteiger partial charge in [-0.3, -0.25) is 10.1 Å². The highest BCUT2D eigenvalue weighted by atomic mass is 32.1. The van der Waals surface area contributed by atoms with E-state index in [4.69, 9.17) is 5.73 Å². The fraction of sp³-hybridized carbons (Fsp3) is 0.143.